The van der Waals surface area contributed by atoms with Crippen molar-refractivity contribution in [1.29, 1.82) is 0 Å². The van der Waals surface area contributed by atoms with Gasteiger partial charge in [0.2, 0.25) is 0 Å². The van der Waals surface area contributed by atoms with Crippen LogP contribution in [0.5, 0.6) is 0 Å². The molecule has 1 aromatic rings. The largest absolute Gasteiger partial charge is 0.406 e. The fourth-order valence-corrected chi connectivity index (χ4v) is 2.14. The van der Waals surface area contributed by atoms with Crippen LogP contribution in [0.4, 0.5) is 13.2 Å². The summed E-state index contributed by atoms with van der Waals surface area (Å²) in [6, 6.07) is 0. The van der Waals surface area contributed by atoms with Gasteiger partial charge < -0.3 is 0 Å². The van der Waals surface area contributed by atoms with Gasteiger partial charge in [0.05, 0.1) is 0 Å². The monoisotopic (exact) mass is 291 g/mol. The van der Waals surface area contributed by atoms with E-state index in [9.17, 15) is 21.6 Å². The molecule has 0 bridgehead atoms. The maximum absolute atomic E-state index is 12.3. The number of hydrogen-bond donors (Lipinski definition) is 0. The SMILES string of the molecule is CC(C)c1nnc(S(=O)(=O)Cl)n1CC(F)(F)F. The lowest BCUT2D eigenvalue weighted by Gasteiger charge is -2.12. The van der Waals surface area contributed by atoms with Gasteiger partial charge in [0, 0.05) is 16.6 Å². The van der Waals surface area contributed by atoms with Gasteiger partial charge in [0.1, 0.15) is 12.4 Å². The summed E-state index contributed by atoms with van der Waals surface area (Å²) in [6.45, 7) is 1.65. The summed E-state index contributed by atoms with van der Waals surface area (Å²) in [4.78, 5) is 0. The molecule has 0 saturated heterocycles. The van der Waals surface area contributed by atoms with E-state index < -0.39 is 32.8 Å². The molecule has 0 unspecified atom stereocenters. The standard InChI is InChI=1S/C7H9ClF3N3O2S/c1-4(2)5-12-13-6(17(8,15)16)14(5)3-7(9,10)11/h4H,3H2,1-2H3. The van der Waals surface area contributed by atoms with Crippen molar-refractivity contribution in [2.45, 2.75) is 37.6 Å². The fraction of sp³-hybridized carbons (Fsp3) is 0.714. The molecule has 5 nitrogen and oxygen atoms in total. The lowest BCUT2D eigenvalue weighted by Crippen LogP contribution is -2.22. The Bertz CT molecular complexity index is 509. The number of halogens is 4. The minimum Gasteiger partial charge on any atom is -0.291 e. The Kier molecular flexibility index (Phi) is 3.72. The number of nitrogens with zero attached hydrogens (tertiary/aromatic N) is 3. The van der Waals surface area contributed by atoms with E-state index in [1.54, 1.807) is 13.8 Å². The van der Waals surface area contributed by atoms with Gasteiger partial charge in [0.15, 0.2) is 0 Å². The maximum Gasteiger partial charge on any atom is 0.406 e. The molecule has 0 saturated carbocycles. The normalized spacial score (nSPS) is 13.4. The number of aromatic nitrogens is 3. The van der Waals surface area contributed by atoms with Crippen molar-refractivity contribution in [3.05, 3.63) is 5.82 Å². The minimum absolute atomic E-state index is 0.0819. The van der Waals surface area contributed by atoms with Crippen molar-refractivity contribution in [3.63, 3.8) is 0 Å². The van der Waals surface area contributed by atoms with Crippen LogP contribution in [0.2, 0.25) is 0 Å². The fourth-order valence-electron chi connectivity index (χ4n) is 1.24. The van der Waals surface area contributed by atoms with Crippen LogP contribution in [0, 0.1) is 0 Å². The molecular formula is C7H9ClF3N3O2S. The van der Waals surface area contributed by atoms with Crippen molar-refractivity contribution in [2.24, 2.45) is 0 Å². The van der Waals surface area contributed by atoms with E-state index >= 15 is 0 Å². The van der Waals surface area contributed by atoms with Crippen LogP contribution in [0.1, 0.15) is 25.6 Å². The van der Waals surface area contributed by atoms with Crippen LogP contribution in [0.15, 0.2) is 5.16 Å². The Morgan fingerprint density at radius 2 is 1.88 bits per heavy atom. The van der Waals surface area contributed by atoms with Crippen LogP contribution in [0.3, 0.4) is 0 Å². The van der Waals surface area contributed by atoms with Gasteiger partial charge in [-0.05, 0) is 0 Å². The molecule has 0 aromatic carbocycles. The molecule has 0 atom stereocenters. The first-order chi connectivity index (χ1) is 7.52. The molecule has 0 aliphatic carbocycles. The molecule has 0 spiro atoms. The highest BCUT2D eigenvalue weighted by atomic mass is 35.7. The molecule has 10 heteroatoms. The highest BCUT2D eigenvalue weighted by Crippen LogP contribution is 2.25. The van der Waals surface area contributed by atoms with Gasteiger partial charge in [-0.1, -0.05) is 13.8 Å². The highest BCUT2D eigenvalue weighted by Gasteiger charge is 2.34. The second kappa shape index (κ2) is 4.45. The van der Waals surface area contributed by atoms with Crippen LogP contribution < -0.4 is 0 Å². The predicted octanol–water partition coefficient (Wildman–Crippen LogP) is 1.89. The van der Waals surface area contributed by atoms with Crippen LogP contribution in [0.25, 0.3) is 0 Å². The van der Waals surface area contributed by atoms with E-state index in [0.29, 0.717) is 4.57 Å². The highest BCUT2D eigenvalue weighted by molar-refractivity contribution is 8.13. The molecule has 0 fully saturated rings. The first-order valence-corrected chi connectivity index (χ1v) is 6.78. The van der Waals surface area contributed by atoms with Crippen molar-refractivity contribution in [2.75, 3.05) is 0 Å². The minimum atomic E-state index is -4.58. The average Bonchev–Trinajstić information content (AvgIpc) is 2.43. The van der Waals surface area contributed by atoms with E-state index in [4.69, 9.17) is 10.7 Å². The topological polar surface area (TPSA) is 64.8 Å². The Morgan fingerprint density at radius 3 is 2.24 bits per heavy atom. The zero-order valence-electron chi connectivity index (χ0n) is 8.86. The quantitative estimate of drug-likeness (QED) is 0.798. The summed E-state index contributed by atoms with van der Waals surface area (Å²) < 4.78 is 59.5. The molecule has 0 N–H and O–H groups in total. The second-order valence-electron chi connectivity index (χ2n) is 3.63. The second-order valence-corrected chi connectivity index (χ2v) is 6.09. The van der Waals surface area contributed by atoms with E-state index in [-0.39, 0.29) is 5.82 Å². The van der Waals surface area contributed by atoms with Gasteiger partial charge in [-0.3, -0.25) is 4.57 Å². The van der Waals surface area contributed by atoms with Crippen molar-refractivity contribution >= 4 is 19.7 Å². The van der Waals surface area contributed by atoms with E-state index in [1.165, 1.54) is 0 Å². The summed E-state index contributed by atoms with van der Waals surface area (Å²) in [5.74, 6) is -0.487. The Balaban J connectivity index is 3.35. The molecule has 1 heterocycles. The molecule has 98 valence electrons. The molecule has 0 aliphatic rings. The van der Waals surface area contributed by atoms with Gasteiger partial charge in [-0.15, -0.1) is 10.2 Å². The van der Waals surface area contributed by atoms with Crippen molar-refractivity contribution in [1.82, 2.24) is 14.8 Å². The molecule has 1 aromatic heterocycles. The lowest BCUT2D eigenvalue weighted by atomic mass is 10.2. The Labute approximate surface area is 100 Å². The van der Waals surface area contributed by atoms with Crippen LogP contribution in [-0.2, 0) is 15.6 Å². The third-order valence-electron chi connectivity index (χ3n) is 1.82. The third-order valence-corrected chi connectivity index (χ3v) is 2.97. The summed E-state index contributed by atoms with van der Waals surface area (Å²) in [6.07, 6.45) is -4.58. The van der Waals surface area contributed by atoms with Crippen LogP contribution >= 0.6 is 10.7 Å². The first-order valence-electron chi connectivity index (χ1n) is 4.47. The average molecular weight is 292 g/mol. The third kappa shape index (κ3) is 3.56. The summed E-state index contributed by atoms with van der Waals surface area (Å²) in [7, 11) is 0.635. The summed E-state index contributed by atoms with van der Waals surface area (Å²) in [5, 5.41) is 5.71. The molecule has 0 amide bonds. The van der Waals surface area contributed by atoms with Crippen molar-refractivity contribution in [3.8, 4) is 0 Å². The smallest absolute Gasteiger partial charge is 0.291 e. The first kappa shape index (κ1) is 14.2. The Hall–Kier alpha value is -0.830. The maximum atomic E-state index is 12.3. The number of hydrogen-bond acceptors (Lipinski definition) is 4. The molecule has 0 aliphatic heterocycles. The van der Waals surface area contributed by atoms with Crippen molar-refractivity contribution < 1.29 is 21.6 Å². The zero-order valence-corrected chi connectivity index (χ0v) is 10.4. The van der Waals surface area contributed by atoms with E-state index in [0.717, 1.165) is 0 Å². The van der Waals surface area contributed by atoms with Gasteiger partial charge in [0.25, 0.3) is 14.2 Å². The van der Waals surface area contributed by atoms with E-state index in [2.05, 4.69) is 10.2 Å². The summed E-state index contributed by atoms with van der Waals surface area (Å²) in [5.41, 5.74) is 0. The number of rotatable bonds is 3. The molecule has 17 heavy (non-hydrogen) atoms. The van der Waals surface area contributed by atoms with Gasteiger partial charge in [-0.25, -0.2) is 8.42 Å². The van der Waals surface area contributed by atoms with Gasteiger partial charge in [-0.2, -0.15) is 13.2 Å². The molecular weight excluding hydrogens is 283 g/mol. The molecule has 1 rings (SSSR count). The van der Waals surface area contributed by atoms with E-state index in [1.807, 2.05) is 0 Å². The number of alkyl halides is 3. The summed E-state index contributed by atoms with van der Waals surface area (Å²) >= 11 is 0. The lowest BCUT2D eigenvalue weighted by molar-refractivity contribution is -0.142. The predicted molar refractivity (Wildman–Crippen MR) is 53.2 cm³/mol. The Morgan fingerprint density at radius 1 is 1.35 bits per heavy atom. The van der Waals surface area contributed by atoms with Gasteiger partial charge >= 0.3 is 6.18 Å². The van der Waals surface area contributed by atoms with Crippen LogP contribution in [-0.4, -0.2) is 29.4 Å². The zero-order chi connectivity index (χ0) is 13.4. The molecule has 0 radical (unpaired) electrons.